The number of nitrogens with one attached hydrogen (secondary N) is 1. The van der Waals surface area contributed by atoms with Crippen molar-refractivity contribution in [1.82, 2.24) is 0 Å². The Morgan fingerprint density at radius 3 is 2.62 bits per heavy atom. The van der Waals surface area contributed by atoms with Gasteiger partial charge in [0.2, 0.25) is 0 Å². The summed E-state index contributed by atoms with van der Waals surface area (Å²) in [7, 11) is 0. The van der Waals surface area contributed by atoms with Crippen molar-refractivity contribution in [1.29, 1.82) is 0 Å². The second-order valence-corrected chi connectivity index (χ2v) is 6.17. The molecule has 1 aliphatic rings. The lowest BCUT2D eigenvalue weighted by Crippen LogP contribution is -2.23. The van der Waals surface area contributed by atoms with E-state index >= 15 is 0 Å². The Balaban J connectivity index is 1.95. The van der Waals surface area contributed by atoms with E-state index in [1.807, 2.05) is 32.0 Å². The monoisotopic (exact) mass is 289 g/mol. The maximum atomic E-state index is 12.0. The fourth-order valence-corrected chi connectivity index (χ4v) is 2.41. The van der Waals surface area contributed by atoms with Gasteiger partial charge in [-0.25, -0.2) is 0 Å². The summed E-state index contributed by atoms with van der Waals surface area (Å²) in [5, 5.41) is 2.87. The van der Waals surface area contributed by atoms with Gasteiger partial charge >= 0.3 is 5.97 Å². The van der Waals surface area contributed by atoms with E-state index in [9.17, 15) is 9.59 Å². The van der Waals surface area contributed by atoms with Crippen LogP contribution in [0.5, 0.6) is 0 Å². The van der Waals surface area contributed by atoms with Crippen molar-refractivity contribution in [2.24, 2.45) is 11.8 Å². The van der Waals surface area contributed by atoms with E-state index in [0.29, 0.717) is 11.8 Å². The van der Waals surface area contributed by atoms with Crippen molar-refractivity contribution in [3.05, 3.63) is 29.3 Å². The van der Waals surface area contributed by atoms with Crippen LogP contribution in [0.15, 0.2) is 18.2 Å². The van der Waals surface area contributed by atoms with E-state index in [-0.39, 0.29) is 24.4 Å². The van der Waals surface area contributed by atoms with Crippen LogP contribution in [0.3, 0.4) is 0 Å². The van der Waals surface area contributed by atoms with Gasteiger partial charge in [0.05, 0.1) is 5.92 Å². The molecule has 114 valence electrons. The van der Waals surface area contributed by atoms with Crippen LogP contribution in [-0.2, 0) is 14.3 Å². The fraction of sp³-hybridized carbons (Fsp3) is 0.529. The predicted molar refractivity (Wildman–Crippen MR) is 82.1 cm³/mol. The molecule has 0 aromatic heterocycles. The molecule has 21 heavy (non-hydrogen) atoms. The molecule has 0 saturated heterocycles. The molecule has 0 radical (unpaired) electrons. The minimum atomic E-state index is -0.284. The largest absolute Gasteiger partial charge is 0.455 e. The van der Waals surface area contributed by atoms with E-state index in [0.717, 1.165) is 23.2 Å². The molecule has 1 amide bonds. The molecule has 1 aliphatic carbocycles. The fourth-order valence-electron chi connectivity index (χ4n) is 2.41. The van der Waals surface area contributed by atoms with Gasteiger partial charge in [-0.05, 0) is 36.3 Å². The zero-order valence-electron chi connectivity index (χ0n) is 13.1. The molecule has 0 unspecified atom stereocenters. The second kappa shape index (κ2) is 6.29. The van der Waals surface area contributed by atoms with E-state index < -0.39 is 0 Å². The zero-order chi connectivity index (χ0) is 15.6. The van der Waals surface area contributed by atoms with Gasteiger partial charge in [0.15, 0.2) is 6.61 Å². The lowest BCUT2D eigenvalue weighted by molar-refractivity contribution is -0.148. The van der Waals surface area contributed by atoms with Crippen molar-refractivity contribution in [2.75, 3.05) is 11.9 Å². The third-order valence-corrected chi connectivity index (χ3v) is 3.95. The Morgan fingerprint density at radius 2 is 2.05 bits per heavy atom. The number of aryl methyl sites for hydroxylation is 1. The van der Waals surface area contributed by atoms with Crippen LogP contribution in [0.1, 0.15) is 44.2 Å². The molecule has 0 aliphatic heterocycles. The number of para-hydroxylation sites is 1. The average molecular weight is 289 g/mol. The first-order chi connectivity index (χ1) is 9.90. The summed E-state index contributed by atoms with van der Waals surface area (Å²) >= 11 is 0. The summed E-state index contributed by atoms with van der Waals surface area (Å²) in [4.78, 5) is 23.6. The highest BCUT2D eigenvalue weighted by Crippen LogP contribution is 2.38. The molecule has 1 aromatic carbocycles. The number of carbonyl (C=O) groups is 2. The van der Waals surface area contributed by atoms with Crippen LogP contribution in [0.4, 0.5) is 5.69 Å². The van der Waals surface area contributed by atoms with Crippen LogP contribution in [0.2, 0.25) is 0 Å². The first-order valence-electron chi connectivity index (χ1n) is 7.46. The minimum Gasteiger partial charge on any atom is -0.455 e. The summed E-state index contributed by atoms with van der Waals surface area (Å²) in [6, 6.07) is 5.94. The molecule has 2 rings (SSSR count). The maximum Gasteiger partial charge on any atom is 0.309 e. The molecule has 4 nitrogen and oxygen atoms in total. The first kappa shape index (κ1) is 15.5. The lowest BCUT2D eigenvalue weighted by Gasteiger charge is -2.16. The van der Waals surface area contributed by atoms with Crippen molar-refractivity contribution in [3.63, 3.8) is 0 Å². The Hall–Kier alpha value is -1.84. The van der Waals surface area contributed by atoms with Crippen LogP contribution in [-0.4, -0.2) is 18.5 Å². The number of benzene rings is 1. The standard InChI is InChI=1S/C17H23NO3/c1-10(2)13-7-5-6-11(3)16(13)18-15(19)9-21-17(20)14-8-12(14)4/h5-7,10,12,14H,8-9H2,1-4H3,(H,18,19)/t12-,14+/m1/s1. The van der Waals surface area contributed by atoms with Gasteiger partial charge in [-0.2, -0.15) is 0 Å². The molecule has 0 bridgehead atoms. The number of hydrogen-bond donors (Lipinski definition) is 1. The van der Waals surface area contributed by atoms with Gasteiger partial charge in [0.25, 0.3) is 5.91 Å². The summed E-state index contributed by atoms with van der Waals surface area (Å²) < 4.78 is 5.06. The summed E-state index contributed by atoms with van der Waals surface area (Å²) in [6.07, 6.45) is 0.871. The van der Waals surface area contributed by atoms with Crippen molar-refractivity contribution in [3.8, 4) is 0 Å². The lowest BCUT2D eigenvalue weighted by atomic mass is 9.98. The van der Waals surface area contributed by atoms with Crippen molar-refractivity contribution < 1.29 is 14.3 Å². The van der Waals surface area contributed by atoms with Gasteiger partial charge in [-0.15, -0.1) is 0 Å². The Kier molecular flexibility index (Phi) is 4.66. The number of esters is 1. The Labute approximate surface area is 125 Å². The molecule has 2 atom stereocenters. The average Bonchev–Trinajstić information content (AvgIpc) is 3.15. The highest BCUT2D eigenvalue weighted by molar-refractivity contribution is 5.94. The summed E-state index contributed by atoms with van der Waals surface area (Å²) in [6.45, 7) is 7.92. The molecule has 1 fully saturated rings. The highest BCUT2D eigenvalue weighted by Gasteiger charge is 2.40. The quantitative estimate of drug-likeness (QED) is 0.846. The third-order valence-electron chi connectivity index (χ3n) is 3.95. The van der Waals surface area contributed by atoms with E-state index in [4.69, 9.17) is 4.74 Å². The number of hydrogen-bond acceptors (Lipinski definition) is 3. The summed E-state index contributed by atoms with van der Waals surface area (Å²) in [5.74, 6) is 0.154. The number of anilines is 1. The molecule has 0 spiro atoms. The molecule has 1 N–H and O–H groups in total. The van der Waals surface area contributed by atoms with Gasteiger partial charge in [0, 0.05) is 5.69 Å². The minimum absolute atomic E-state index is 0.0116. The van der Waals surface area contributed by atoms with Gasteiger partial charge in [-0.3, -0.25) is 9.59 Å². The predicted octanol–water partition coefficient (Wildman–Crippen LogP) is 3.26. The van der Waals surface area contributed by atoms with Gasteiger partial charge < -0.3 is 10.1 Å². The Morgan fingerprint density at radius 1 is 1.38 bits per heavy atom. The highest BCUT2D eigenvalue weighted by atomic mass is 16.5. The van der Waals surface area contributed by atoms with Crippen LogP contribution >= 0.6 is 0 Å². The van der Waals surface area contributed by atoms with E-state index in [1.54, 1.807) is 0 Å². The molecule has 1 saturated carbocycles. The van der Waals surface area contributed by atoms with E-state index in [1.165, 1.54) is 0 Å². The van der Waals surface area contributed by atoms with Crippen LogP contribution < -0.4 is 5.32 Å². The first-order valence-corrected chi connectivity index (χ1v) is 7.46. The van der Waals surface area contributed by atoms with Crippen molar-refractivity contribution in [2.45, 2.75) is 40.0 Å². The number of carbonyl (C=O) groups excluding carboxylic acids is 2. The molecular weight excluding hydrogens is 266 g/mol. The molecule has 4 heteroatoms. The van der Waals surface area contributed by atoms with E-state index in [2.05, 4.69) is 19.2 Å². The molecule has 1 aromatic rings. The number of rotatable bonds is 5. The molecular formula is C17H23NO3. The normalized spacial score (nSPS) is 20.2. The maximum absolute atomic E-state index is 12.0. The topological polar surface area (TPSA) is 55.4 Å². The second-order valence-electron chi connectivity index (χ2n) is 6.17. The summed E-state index contributed by atoms with van der Waals surface area (Å²) in [5.41, 5.74) is 2.93. The number of amides is 1. The van der Waals surface area contributed by atoms with Gasteiger partial charge in [-0.1, -0.05) is 39.0 Å². The number of ether oxygens (including phenoxy) is 1. The van der Waals surface area contributed by atoms with Gasteiger partial charge in [0.1, 0.15) is 0 Å². The zero-order valence-corrected chi connectivity index (χ0v) is 13.1. The molecule has 0 heterocycles. The van der Waals surface area contributed by atoms with Crippen molar-refractivity contribution >= 4 is 17.6 Å². The van der Waals surface area contributed by atoms with Crippen LogP contribution in [0.25, 0.3) is 0 Å². The SMILES string of the molecule is Cc1cccc(C(C)C)c1NC(=O)COC(=O)[C@H]1C[C@H]1C. The third kappa shape index (κ3) is 3.84. The Bertz CT molecular complexity index is 551. The smallest absolute Gasteiger partial charge is 0.309 e. The van der Waals surface area contributed by atoms with Crippen LogP contribution in [0, 0.1) is 18.8 Å².